The number of benzene rings is 2. The highest BCUT2D eigenvalue weighted by atomic mass is 19.1. The van der Waals surface area contributed by atoms with Crippen LogP contribution in [0.2, 0.25) is 0 Å². The molecule has 26 heavy (non-hydrogen) atoms. The van der Waals surface area contributed by atoms with Crippen LogP contribution in [-0.2, 0) is 0 Å². The molecule has 0 spiro atoms. The second-order valence-electron chi connectivity index (χ2n) is 6.09. The van der Waals surface area contributed by atoms with Crippen molar-refractivity contribution in [1.82, 2.24) is 10.3 Å². The van der Waals surface area contributed by atoms with Crippen molar-refractivity contribution < 1.29 is 13.9 Å². The molecule has 136 valence electrons. The third-order valence-electron chi connectivity index (χ3n) is 4.32. The predicted molar refractivity (Wildman–Crippen MR) is 101 cm³/mol. The first kappa shape index (κ1) is 17.8. The maximum Gasteiger partial charge on any atom is 0.267 e. The highest BCUT2D eigenvalue weighted by Crippen LogP contribution is 2.28. The van der Waals surface area contributed by atoms with E-state index < -0.39 is 5.82 Å². The molecule has 2 aromatic carbocycles. The minimum absolute atomic E-state index is 0.259. The molecule has 0 bridgehead atoms. The molecule has 0 aliphatic rings. The fraction of sp³-hybridized carbons (Fsp3) is 0.250. The molecule has 5 nitrogen and oxygen atoms in total. The van der Waals surface area contributed by atoms with E-state index in [4.69, 9.17) is 4.74 Å². The van der Waals surface area contributed by atoms with Gasteiger partial charge in [0.1, 0.15) is 17.3 Å². The zero-order chi connectivity index (χ0) is 18.5. The van der Waals surface area contributed by atoms with Gasteiger partial charge in [0, 0.05) is 31.2 Å². The van der Waals surface area contributed by atoms with E-state index in [2.05, 4.69) is 15.2 Å². The van der Waals surface area contributed by atoms with E-state index in [0.29, 0.717) is 23.4 Å². The number of amides is 1. The summed E-state index contributed by atoms with van der Waals surface area (Å²) in [5, 5.41) is 3.42. The van der Waals surface area contributed by atoms with Crippen molar-refractivity contribution in [1.29, 1.82) is 0 Å². The lowest BCUT2D eigenvalue weighted by Crippen LogP contribution is -2.28. The first-order valence-electron chi connectivity index (χ1n) is 8.49. The summed E-state index contributed by atoms with van der Waals surface area (Å²) in [6.45, 7) is 1.35. The second-order valence-corrected chi connectivity index (χ2v) is 6.09. The number of anilines is 1. The smallest absolute Gasteiger partial charge is 0.267 e. The van der Waals surface area contributed by atoms with Gasteiger partial charge in [-0.2, -0.15) is 0 Å². The summed E-state index contributed by atoms with van der Waals surface area (Å²) in [5.74, 6) is -0.143. The van der Waals surface area contributed by atoms with E-state index in [1.54, 1.807) is 12.1 Å². The monoisotopic (exact) mass is 355 g/mol. The molecule has 1 amide bonds. The van der Waals surface area contributed by atoms with Gasteiger partial charge in [0.2, 0.25) is 0 Å². The van der Waals surface area contributed by atoms with Crippen molar-refractivity contribution in [3.05, 3.63) is 60.0 Å². The number of fused-ring (bicyclic) bond motifs is 1. The Hall–Kier alpha value is -3.02. The number of aromatic nitrogens is 1. The minimum atomic E-state index is -0.413. The quantitative estimate of drug-likeness (QED) is 0.637. The van der Waals surface area contributed by atoms with Gasteiger partial charge in [-0.25, -0.2) is 4.39 Å². The number of rotatable bonds is 7. The summed E-state index contributed by atoms with van der Waals surface area (Å²) < 4.78 is 19.1. The number of halogens is 1. The molecule has 0 atom stereocenters. The molecule has 0 aliphatic carbocycles. The lowest BCUT2D eigenvalue weighted by molar-refractivity contribution is 0.0949. The van der Waals surface area contributed by atoms with Gasteiger partial charge in [-0.1, -0.05) is 18.2 Å². The number of para-hydroxylation sites is 1. The maximum atomic E-state index is 13.9. The Bertz CT molecular complexity index is 893. The number of ether oxygens (including phenoxy) is 1. The van der Waals surface area contributed by atoms with Gasteiger partial charge in [0.25, 0.3) is 5.91 Å². The number of aromatic amines is 1. The van der Waals surface area contributed by atoms with E-state index in [1.165, 1.54) is 13.2 Å². The number of carbonyl (C=O) groups excluding carboxylic acids is 1. The summed E-state index contributed by atoms with van der Waals surface area (Å²) in [6.07, 6.45) is 0.801. The third kappa shape index (κ3) is 3.79. The van der Waals surface area contributed by atoms with Crippen molar-refractivity contribution in [2.45, 2.75) is 6.42 Å². The number of H-pyrrole nitrogens is 1. The Balaban J connectivity index is 1.57. The molecule has 0 saturated carbocycles. The van der Waals surface area contributed by atoms with Crippen LogP contribution in [0.1, 0.15) is 16.9 Å². The standard InChI is InChI=1S/C20H22FN3O2/c1-24(14-7-4-3-5-8-14)12-6-11-22-20(25)17-13-15-18(26-2)10-9-16(21)19(15)23-17/h3-5,7-10,13,23H,6,11-12H2,1-2H3,(H,22,25). The van der Waals surface area contributed by atoms with Crippen LogP contribution in [0, 0.1) is 5.82 Å². The highest BCUT2D eigenvalue weighted by Gasteiger charge is 2.14. The fourth-order valence-electron chi connectivity index (χ4n) is 2.88. The Kier molecular flexibility index (Phi) is 5.41. The van der Waals surface area contributed by atoms with Crippen LogP contribution in [0.5, 0.6) is 5.75 Å². The average molecular weight is 355 g/mol. The number of nitrogens with one attached hydrogen (secondary N) is 2. The van der Waals surface area contributed by atoms with Crippen LogP contribution in [0.25, 0.3) is 10.9 Å². The number of methoxy groups -OCH3 is 1. The van der Waals surface area contributed by atoms with Gasteiger partial charge in [-0.3, -0.25) is 4.79 Å². The van der Waals surface area contributed by atoms with Crippen LogP contribution in [0.3, 0.4) is 0 Å². The van der Waals surface area contributed by atoms with Crippen molar-refractivity contribution in [3.63, 3.8) is 0 Å². The summed E-state index contributed by atoms with van der Waals surface area (Å²) in [5.41, 5.74) is 1.73. The first-order chi connectivity index (χ1) is 12.6. The Labute approximate surface area is 151 Å². The van der Waals surface area contributed by atoms with Crippen LogP contribution in [0.15, 0.2) is 48.5 Å². The molecule has 0 fully saturated rings. The van der Waals surface area contributed by atoms with E-state index >= 15 is 0 Å². The topological polar surface area (TPSA) is 57.4 Å². The fourth-order valence-corrected chi connectivity index (χ4v) is 2.88. The molecular weight excluding hydrogens is 333 g/mol. The van der Waals surface area contributed by atoms with E-state index in [-0.39, 0.29) is 11.4 Å². The van der Waals surface area contributed by atoms with E-state index in [0.717, 1.165) is 18.7 Å². The van der Waals surface area contributed by atoms with Crippen LogP contribution >= 0.6 is 0 Å². The Morgan fingerprint density at radius 3 is 2.73 bits per heavy atom. The minimum Gasteiger partial charge on any atom is -0.496 e. The molecule has 3 aromatic rings. The van der Waals surface area contributed by atoms with Crippen molar-refractivity contribution >= 4 is 22.5 Å². The summed E-state index contributed by atoms with van der Waals surface area (Å²) in [7, 11) is 3.53. The maximum absolute atomic E-state index is 13.9. The molecule has 1 heterocycles. The largest absolute Gasteiger partial charge is 0.496 e. The molecular formula is C20H22FN3O2. The zero-order valence-corrected chi connectivity index (χ0v) is 14.9. The normalized spacial score (nSPS) is 10.7. The predicted octanol–water partition coefficient (Wildman–Crippen LogP) is 3.57. The van der Waals surface area contributed by atoms with E-state index in [9.17, 15) is 9.18 Å². The van der Waals surface area contributed by atoms with Crippen molar-refractivity contribution in [3.8, 4) is 5.75 Å². The molecule has 1 aromatic heterocycles. The number of carbonyl (C=O) groups is 1. The van der Waals surface area contributed by atoms with E-state index in [1.807, 2.05) is 37.4 Å². The van der Waals surface area contributed by atoms with Gasteiger partial charge in [0.05, 0.1) is 12.6 Å². The Morgan fingerprint density at radius 1 is 1.23 bits per heavy atom. The highest BCUT2D eigenvalue weighted by molar-refractivity contribution is 5.99. The molecule has 0 unspecified atom stereocenters. The molecule has 3 rings (SSSR count). The summed E-state index contributed by atoms with van der Waals surface area (Å²) in [4.78, 5) is 17.3. The second kappa shape index (κ2) is 7.91. The Morgan fingerprint density at radius 2 is 2.00 bits per heavy atom. The van der Waals surface area contributed by atoms with Gasteiger partial charge >= 0.3 is 0 Å². The molecule has 6 heteroatoms. The zero-order valence-electron chi connectivity index (χ0n) is 14.9. The van der Waals surface area contributed by atoms with Crippen molar-refractivity contribution in [2.75, 3.05) is 32.1 Å². The van der Waals surface area contributed by atoms with Crippen LogP contribution in [-0.4, -0.2) is 38.1 Å². The SMILES string of the molecule is COc1ccc(F)c2[nH]c(C(=O)NCCCN(C)c3ccccc3)cc12. The number of hydrogen-bond acceptors (Lipinski definition) is 3. The summed E-state index contributed by atoms with van der Waals surface area (Å²) in [6, 6.07) is 14.5. The first-order valence-corrected chi connectivity index (χ1v) is 8.49. The van der Waals surface area contributed by atoms with Gasteiger partial charge < -0.3 is 19.9 Å². The lowest BCUT2D eigenvalue weighted by atomic mass is 10.2. The van der Waals surface area contributed by atoms with Gasteiger partial charge in [-0.15, -0.1) is 0 Å². The van der Waals surface area contributed by atoms with Crippen LogP contribution in [0.4, 0.5) is 10.1 Å². The average Bonchev–Trinajstić information content (AvgIpc) is 3.12. The molecule has 0 radical (unpaired) electrons. The van der Waals surface area contributed by atoms with Gasteiger partial charge in [-0.05, 0) is 36.8 Å². The van der Waals surface area contributed by atoms with Crippen molar-refractivity contribution in [2.24, 2.45) is 0 Å². The lowest BCUT2D eigenvalue weighted by Gasteiger charge is -2.19. The molecule has 0 aliphatic heterocycles. The molecule has 0 saturated heterocycles. The third-order valence-corrected chi connectivity index (χ3v) is 4.32. The summed E-state index contributed by atoms with van der Waals surface area (Å²) >= 11 is 0. The number of nitrogens with zero attached hydrogens (tertiary/aromatic N) is 1. The van der Waals surface area contributed by atoms with Crippen LogP contribution < -0.4 is 15.0 Å². The van der Waals surface area contributed by atoms with Gasteiger partial charge in [0.15, 0.2) is 0 Å². The molecule has 2 N–H and O–H groups in total. The number of hydrogen-bond donors (Lipinski definition) is 2.